The van der Waals surface area contributed by atoms with Gasteiger partial charge in [-0.3, -0.25) is 0 Å². The maximum atomic E-state index is 13.3. The average Bonchev–Trinajstić information content (AvgIpc) is 2.30. The van der Waals surface area contributed by atoms with Crippen LogP contribution >= 0.6 is 0 Å². The molecular weight excluding hydrogens is 213 g/mol. The van der Waals surface area contributed by atoms with E-state index in [1.54, 1.807) is 30.3 Å². The topological polar surface area (TPSA) is 0 Å². The molecule has 1 fully saturated rings. The predicted octanol–water partition coefficient (Wildman–Crippen LogP) is 4.45. The minimum Gasteiger partial charge on any atom is -0.170 e. The van der Waals surface area contributed by atoms with Gasteiger partial charge in [0.15, 0.2) is 0 Å². The number of hydrogen-bond donors (Lipinski definition) is 0. The first-order valence-corrected chi connectivity index (χ1v) is 5.68. The molecule has 16 heavy (non-hydrogen) atoms. The monoisotopic (exact) mass is 228 g/mol. The van der Waals surface area contributed by atoms with Crippen LogP contribution in [0.25, 0.3) is 0 Å². The van der Waals surface area contributed by atoms with Crippen molar-refractivity contribution in [3.8, 4) is 0 Å². The molecule has 3 heteroatoms. The standard InChI is InChI=1S/C13H15F3/c14-13(15,16)12(9-5-2-6-10-12)11-7-3-1-4-8-11/h1,3-4,7-8H,2,5-6,9-10H2. The van der Waals surface area contributed by atoms with Gasteiger partial charge in [0.25, 0.3) is 0 Å². The molecule has 1 aliphatic rings. The third kappa shape index (κ3) is 1.83. The summed E-state index contributed by atoms with van der Waals surface area (Å²) >= 11 is 0. The second-order valence-electron chi connectivity index (χ2n) is 4.51. The lowest BCUT2D eigenvalue weighted by atomic mass is 9.69. The number of benzene rings is 1. The molecule has 0 aliphatic heterocycles. The van der Waals surface area contributed by atoms with E-state index in [1.165, 1.54) is 0 Å². The summed E-state index contributed by atoms with van der Waals surface area (Å²) in [4.78, 5) is 0. The van der Waals surface area contributed by atoms with Crippen LogP contribution in [0, 0.1) is 0 Å². The molecule has 0 amide bonds. The highest BCUT2D eigenvalue weighted by atomic mass is 19.4. The Morgan fingerprint density at radius 2 is 1.44 bits per heavy atom. The van der Waals surface area contributed by atoms with Crippen LogP contribution < -0.4 is 0 Å². The molecule has 1 aromatic carbocycles. The lowest BCUT2D eigenvalue weighted by Crippen LogP contribution is -2.43. The smallest absolute Gasteiger partial charge is 0.170 e. The first-order chi connectivity index (χ1) is 7.56. The molecule has 0 atom stereocenters. The normalized spacial score (nSPS) is 20.7. The van der Waals surface area contributed by atoms with Crippen LogP contribution in [0.15, 0.2) is 30.3 Å². The van der Waals surface area contributed by atoms with Gasteiger partial charge < -0.3 is 0 Å². The van der Waals surface area contributed by atoms with Gasteiger partial charge in [-0.05, 0) is 18.4 Å². The van der Waals surface area contributed by atoms with Crippen molar-refractivity contribution >= 4 is 0 Å². The van der Waals surface area contributed by atoms with Gasteiger partial charge in [-0.25, -0.2) is 0 Å². The Balaban J connectivity index is 2.42. The SMILES string of the molecule is FC(F)(F)C1(c2ccccc2)CCCCC1. The van der Waals surface area contributed by atoms with Gasteiger partial charge in [-0.2, -0.15) is 13.2 Å². The van der Waals surface area contributed by atoms with Crippen molar-refractivity contribution in [1.29, 1.82) is 0 Å². The van der Waals surface area contributed by atoms with Crippen LogP contribution in [-0.4, -0.2) is 6.18 Å². The summed E-state index contributed by atoms with van der Waals surface area (Å²) in [5.74, 6) is 0. The molecule has 2 rings (SSSR count). The van der Waals surface area contributed by atoms with Gasteiger partial charge in [-0.1, -0.05) is 49.6 Å². The van der Waals surface area contributed by atoms with Gasteiger partial charge in [0.2, 0.25) is 0 Å². The van der Waals surface area contributed by atoms with E-state index >= 15 is 0 Å². The van der Waals surface area contributed by atoms with Crippen LogP contribution in [0.1, 0.15) is 37.7 Å². The quantitative estimate of drug-likeness (QED) is 0.666. The van der Waals surface area contributed by atoms with Gasteiger partial charge in [0.05, 0.1) is 5.41 Å². The van der Waals surface area contributed by atoms with Crippen molar-refractivity contribution in [2.24, 2.45) is 0 Å². The Morgan fingerprint density at radius 1 is 0.875 bits per heavy atom. The maximum absolute atomic E-state index is 13.3. The highest BCUT2D eigenvalue weighted by Crippen LogP contribution is 2.50. The Kier molecular flexibility index (Phi) is 2.96. The van der Waals surface area contributed by atoms with Gasteiger partial charge in [0.1, 0.15) is 0 Å². The molecule has 88 valence electrons. The van der Waals surface area contributed by atoms with Crippen LogP contribution in [0.4, 0.5) is 13.2 Å². The highest BCUT2D eigenvalue weighted by Gasteiger charge is 2.55. The Bertz CT molecular complexity index is 334. The molecule has 0 unspecified atom stereocenters. The van der Waals surface area contributed by atoms with E-state index in [0.717, 1.165) is 6.42 Å². The Hall–Kier alpha value is -0.990. The van der Waals surface area contributed by atoms with Crippen LogP contribution in [-0.2, 0) is 5.41 Å². The zero-order valence-electron chi connectivity index (χ0n) is 9.06. The van der Waals surface area contributed by atoms with E-state index in [4.69, 9.17) is 0 Å². The molecule has 0 radical (unpaired) electrons. The van der Waals surface area contributed by atoms with Crippen molar-refractivity contribution in [2.45, 2.75) is 43.7 Å². The lowest BCUT2D eigenvalue weighted by molar-refractivity contribution is -0.199. The summed E-state index contributed by atoms with van der Waals surface area (Å²) in [6, 6.07) is 8.36. The summed E-state index contributed by atoms with van der Waals surface area (Å²) in [7, 11) is 0. The number of hydrogen-bond acceptors (Lipinski definition) is 0. The summed E-state index contributed by atoms with van der Waals surface area (Å²) in [5.41, 5.74) is -1.16. The van der Waals surface area contributed by atoms with Gasteiger partial charge in [-0.15, -0.1) is 0 Å². The number of halogens is 3. The van der Waals surface area contributed by atoms with E-state index in [-0.39, 0.29) is 12.8 Å². The molecular formula is C13H15F3. The summed E-state index contributed by atoms with van der Waals surface area (Å²) in [5, 5.41) is 0. The van der Waals surface area contributed by atoms with E-state index in [0.29, 0.717) is 18.4 Å². The van der Waals surface area contributed by atoms with E-state index in [1.807, 2.05) is 0 Å². The summed E-state index contributed by atoms with van der Waals surface area (Å²) < 4.78 is 39.8. The largest absolute Gasteiger partial charge is 0.398 e. The minimum absolute atomic E-state index is 0.237. The molecule has 0 saturated heterocycles. The van der Waals surface area contributed by atoms with Gasteiger partial charge in [0, 0.05) is 0 Å². The molecule has 0 bridgehead atoms. The molecule has 1 saturated carbocycles. The Labute approximate surface area is 93.5 Å². The average molecular weight is 228 g/mol. The van der Waals surface area contributed by atoms with Crippen molar-refractivity contribution in [2.75, 3.05) is 0 Å². The second-order valence-corrected chi connectivity index (χ2v) is 4.51. The van der Waals surface area contributed by atoms with Gasteiger partial charge >= 0.3 is 6.18 Å². The zero-order chi connectivity index (χ0) is 11.6. The number of alkyl halides is 3. The number of rotatable bonds is 1. The third-order valence-corrected chi connectivity index (χ3v) is 3.58. The Morgan fingerprint density at radius 3 is 1.94 bits per heavy atom. The van der Waals surface area contributed by atoms with Crippen LogP contribution in [0.5, 0.6) is 0 Å². The van der Waals surface area contributed by atoms with Crippen LogP contribution in [0.3, 0.4) is 0 Å². The summed E-state index contributed by atoms with van der Waals surface area (Å²) in [6.45, 7) is 0. The molecule has 1 aromatic rings. The van der Waals surface area contributed by atoms with Crippen LogP contribution in [0.2, 0.25) is 0 Å². The molecule has 0 spiro atoms. The van der Waals surface area contributed by atoms with Crippen molar-refractivity contribution in [3.63, 3.8) is 0 Å². The molecule has 0 nitrogen and oxygen atoms in total. The fourth-order valence-corrected chi connectivity index (χ4v) is 2.65. The zero-order valence-corrected chi connectivity index (χ0v) is 9.06. The molecule has 0 heterocycles. The fraction of sp³-hybridized carbons (Fsp3) is 0.538. The molecule has 0 aromatic heterocycles. The lowest BCUT2D eigenvalue weighted by Gasteiger charge is -2.39. The predicted molar refractivity (Wildman–Crippen MR) is 57.3 cm³/mol. The second kappa shape index (κ2) is 4.11. The summed E-state index contributed by atoms with van der Waals surface area (Å²) in [6.07, 6.45) is -1.39. The van der Waals surface area contributed by atoms with Crippen molar-refractivity contribution < 1.29 is 13.2 Å². The van der Waals surface area contributed by atoms with Crippen molar-refractivity contribution in [3.05, 3.63) is 35.9 Å². The van der Waals surface area contributed by atoms with E-state index in [2.05, 4.69) is 0 Å². The fourth-order valence-electron chi connectivity index (χ4n) is 2.65. The van der Waals surface area contributed by atoms with Crippen molar-refractivity contribution in [1.82, 2.24) is 0 Å². The molecule has 0 N–H and O–H groups in total. The molecule has 1 aliphatic carbocycles. The van der Waals surface area contributed by atoms with E-state index in [9.17, 15) is 13.2 Å². The van der Waals surface area contributed by atoms with E-state index < -0.39 is 11.6 Å². The first kappa shape index (κ1) is 11.5. The maximum Gasteiger partial charge on any atom is 0.398 e. The highest BCUT2D eigenvalue weighted by molar-refractivity contribution is 5.28. The minimum atomic E-state index is -4.13. The third-order valence-electron chi connectivity index (χ3n) is 3.58. The first-order valence-electron chi connectivity index (χ1n) is 5.68.